The maximum atomic E-state index is 11.4. The van der Waals surface area contributed by atoms with Crippen molar-refractivity contribution in [1.82, 2.24) is 9.55 Å². The third kappa shape index (κ3) is 2.07. The lowest BCUT2D eigenvalue weighted by Gasteiger charge is -2.06. The summed E-state index contributed by atoms with van der Waals surface area (Å²) in [5, 5.41) is 0. The van der Waals surface area contributed by atoms with Crippen LogP contribution in [0.25, 0.3) is 5.69 Å². The SMILES string of the molecule is CCc1ccc(-n2cnc(C(=O)OC)c2N)cc1. The Balaban J connectivity index is 2.39. The van der Waals surface area contributed by atoms with E-state index in [1.54, 1.807) is 4.57 Å². The number of ether oxygens (including phenoxy) is 1. The van der Waals surface area contributed by atoms with Crippen molar-refractivity contribution in [2.45, 2.75) is 13.3 Å². The summed E-state index contributed by atoms with van der Waals surface area (Å²) < 4.78 is 6.27. The minimum atomic E-state index is -0.531. The molecule has 1 heterocycles. The average molecular weight is 245 g/mol. The van der Waals surface area contributed by atoms with E-state index < -0.39 is 5.97 Å². The van der Waals surface area contributed by atoms with Crippen LogP contribution in [-0.2, 0) is 11.2 Å². The van der Waals surface area contributed by atoms with Gasteiger partial charge in [0.25, 0.3) is 0 Å². The number of carbonyl (C=O) groups excluding carboxylic acids is 1. The largest absolute Gasteiger partial charge is 0.464 e. The fourth-order valence-corrected chi connectivity index (χ4v) is 1.71. The highest BCUT2D eigenvalue weighted by Crippen LogP contribution is 2.18. The number of carbonyl (C=O) groups is 1. The summed E-state index contributed by atoms with van der Waals surface area (Å²) in [6.07, 6.45) is 2.50. The summed E-state index contributed by atoms with van der Waals surface area (Å²) in [5.74, 6) is -0.248. The van der Waals surface area contributed by atoms with Gasteiger partial charge in [-0.1, -0.05) is 19.1 Å². The number of aromatic nitrogens is 2. The Labute approximate surface area is 105 Å². The van der Waals surface area contributed by atoms with Crippen LogP contribution in [0.5, 0.6) is 0 Å². The van der Waals surface area contributed by atoms with E-state index in [0.29, 0.717) is 0 Å². The number of nitrogen functional groups attached to an aromatic ring is 1. The molecule has 0 bridgehead atoms. The molecule has 1 aromatic carbocycles. The van der Waals surface area contributed by atoms with E-state index in [2.05, 4.69) is 16.6 Å². The first-order valence-electron chi connectivity index (χ1n) is 5.67. The summed E-state index contributed by atoms with van der Waals surface area (Å²) in [6, 6.07) is 7.93. The third-order valence-electron chi connectivity index (χ3n) is 2.81. The summed E-state index contributed by atoms with van der Waals surface area (Å²) in [5.41, 5.74) is 8.13. The number of esters is 1. The number of nitrogens with zero attached hydrogens (tertiary/aromatic N) is 2. The number of hydrogen-bond donors (Lipinski definition) is 1. The number of aryl methyl sites for hydroxylation is 1. The van der Waals surface area contributed by atoms with Gasteiger partial charge >= 0.3 is 5.97 Å². The average Bonchev–Trinajstić information content (AvgIpc) is 2.80. The van der Waals surface area contributed by atoms with Gasteiger partial charge in [-0.25, -0.2) is 9.78 Å². The van der Waals surface area contributed by atoms with Gasteiger partial charge in [0.2, 0.25) is 0 Å². The van der Waals surface area contributed by atoms with Crippen molar-refractivity contribution in [3.05, 3.63) is 41.9 Å². The highest BCUT2D eigenvalue weighted by molar-refractivity contribution is 5.92. The van der Waals surface area contributed by atoms with E-state index in [1.165, 1.54) is 19.0 Å². The maximum absolute atomic E-state index is 11.4. The summed E-state index contributed by atoms with van der Waals surface area (Å²) in [4.78, 5) is 15.4. The Morgan fingerprint density at radius 1 is 1.39 bits per heavy atom. The molecule has 0 aliphatic carbocycles. The van der Waals surface area contributed by atoms with E-state index in [1.807, 2.05) is 24.3 Å². The normalized spacial score (nSPS) is 10.3. The van der Waals surface area contributed by atoms with Crippen molar-refractivity contribution < 1.29 is 9.53 Å². The van der Waals surface area contributed by atoms with Crippen molar-refractivity contribution >= 4 is 11.8 Å². The van der Waals surface area contributed by atoms with Gasteiger partial charge < -0.3 is 10.5 Å². The first-order valence-corrected chi connectivity index (χ1v) is 5.67. The molecule has 0 atom stereocenters. The number of benzene rings is 1. The van der Waals surface area contributed by atoms with Gasteiger partial charge in [0.05, 0.1) is 7.11 Å². The predicted octanol–water partition coefficient (Wildman–Crippen LogP) is 1.80. The van der Waals surface area contributed by atoms with Crippen LogP contribution in [0.15, 0.2) is 30.6 Å². The van der Waals surface area contributed by atoms with E-state index in [0.717, 1.165) is 12.1 Å². The smallest absolute Gasteiger partial charge is 0.360 e. The number of methoxy groups -OCH3 is 1. The molecule has 0 unspecified atom stereocenters. The summed E-state index contributed by atoms with van der Waals surface area (Å²) >= 11 is 0. The van der Waals surface area contributed by atoms with Gasteiger partial charge in [-0.05, 0) is 24.1 Å². The molecule has 2 aromatic rings. The highest BCUT2D eigenvalue weighted by Gasteiger charge is 2.16. The fraction of sp³-hybridized carbons (Fsp3) is 0.231. The van der Waals surface area contributed by atoms with Gasteiger partial charge in [-0.3, -0.25) is 4.57 Å². The fourth-order valence-electron chi connectivity index (χ4n) is 1.71. The Bertz CT molecular complexity index is 558. The second-order valence-corrected chi connectivity index (χ2v) is 3.86. The van der Waals surface area contributed by atoms with E-state index >= 15 is 0 Å². The first-order chi connectivity index (χ1) is 8.67. The number of hydrogen-bond acceptors (Lipinski definition) is 4. The summed E-state index contributed by atoms with van der Waals surface area (Å²) in [6.45, 7) is 2.09. The van der Waals surface area contributed by atoms with Crippen LogP contribution in [0, 0.1) is 0 Å². The molecule has 5 nitrogen and oxygen atoms in total. The molecule has 18 heavy (non-hydrogen) atoms. The zero-order chi connectivity index (χ0) is 13.1. The molecule has 0 amide bonds. The van der Waals surface area contributed by atoms with Crippen LogP contribution in [0.4, 0.5) is 5.82 Å². The molecular formula is C13H15N3O2. The van der Waals surface area contributed by atoms with Crippen LogP contribution in [0.2, 0.25) is 0 Å². The van der Waals surface area contributed by atoms with E-state index in [-0.39, 0.29) is 11.5 Å². The molecule has 0 saturated heterocycles. The second kappa shape index (κ2) is 4.91. The van der Waals surface area contributed by atoms with Gasteiger partial charge in [-0.15, -0.1) is 0 Å². The van der Waals surface area contributed by atoms with Crippen molar-refractivity contribution in [3.8, 4) is 5.69 Å². The van der Waals surface area contributed by atoms with E-state index in [9.17, 15) is 4.79 Å². The van der Waals surface area contributed by atoms with Crippen LogP contribution in [0.3, 0.4) is 0 Å². The third-order valence-corrected chi connectivity index (χ3v) is 2.81. The lowest BCUT2D eigenvalue weighted by molar-refractivity contribution is 0.0596. The molecule has 1 aromatic heterocycles. The van der Waals surface area contributed by atoms with Gasteiger partial charge in [-0.2, -0.15) is 0 Å². The second-order valence-electron chi connectivity index (χ2n) is 3.86. The predicted molar refractivity (Wildman–Crippen MR) is 68.7 cm³/mol. The van der Waals surface area contributed by atoms with Crippen molar-refractivity contribution in [2.75, 3.05) is 12.8 Å². The quantitative estimate of drug-likeness (QED) is 0.837. The van der Waals surface area contributed by atoms with Crippen molar-refractivity contribution in [1.29, 1.82) is 0 Å². The van der Waals surface area contributed by atoms with Crippen LogP contribution < -0.4 is 5.73 Å². The molecule has 94 valence electrons. The Morgan fingerprint density at radius 3 is 2.61 bits per heavy atom. The zero-order valence-corrected chi connectivity index (χ0v) is 10.4. The van der Waals surface area contributed by atoms with Gasteiger partial charge in [0, 0.05) is 5.69 Å². The van der Waals surface area contributed by atoms with Crippen molar-refractivity contribution in [2.24, 2.45) is 0 Å². The molecule has 0 aliphatic heterocycles. The monoisotopic (exact) mass is 245 g/mol. The molecular weight excluding hydrogens is 230 g/mol. The first kappa shape index (κ1) is 12.2. The van der Waals surface area contributed by atoms with Gasteiger partial charge in [0.15, 0.2) is 5.69 Å². The molecule has 0 spiro atoms. The lowest BCUT2D eigenvalue weighted by atomic mass is 10.1. The minimum absolute atomic E-state index is 0.136. The van der Waals surface area contributed by atoms with E-state index in [4.69, 9.17) is 5.73 Å². The standard InChI is InChI=1S/C13H15N3O2/c1-3-9-4-6-10(7-5-9)16-8-15-11(12(16)14)13(17)18-2/h4-8H,3,14H2,1-2H3. The Morgan fingerprint density at radius 2 is 2.06 bits per heavy atom. The Kier molecular flexibility index (Phi) is 3.32. The highest BCUT2D eigenvalue weighted by atomic mass is 16.5. The topological polar surface area (TPSA) is 70.1 Å². The molecule has 2 N–H and O–H groups in total. The molecule has 0 saturated carbocycles. The van der Waals surface area contributed by atoms with Crippen LogP contribution >= 0.6 is 0 Å². The Hall–Kier alpha value is -2.30. The van der Waals surface area contributed by atoms with Crippen LogP contribution in [0.1, 0.15) is 23.0 Å². The maximum Gasteiger partial charge on any atom is 0.360 e. The minimum Gasteiger partial charge on any atom is -0.464 e. The lowest BCUT2D eigenvalue weighted by Crippen LogP contribution is -2.07. The van der Waals surface area contributed by atoms with Crippen LogP contribution in [-0.4, -0.2) is 22.6 Å². The molecule has 2 rings (SSSR count). The number of nitrogens with two attached hydrogens (primary N) is 1. The molecule has 5 heteroatoms. The molecule has 0 fully saturated rings. The van der Waals surface area contributed by atoms with Gasteiger partial charge in [0.1, 0.15) is 12.1 Å². The number of imidazole rings is 1. The van der Waals surface area contributed by atoms with Crippen molar-refractivity contribution in [3.63, 3.8) is 0 Å². The molecule has 0 aliphatic rings. The number of anilines is 1. The molecule has 0 radical (unpaired) electrons. The summed E-state index contributed by atoms with van der Waals surface area (Å²) in [7, 11) is 1.30. The zero-order valence-electron chi connectivity index (χ0n) is 10.4. The number of rotatable bonds is 3.